The number of hydrogen-bond donors (Lipinski definition) is 0. The monoisotopic (exact) mass is 239 g/mol. The third kappa shape index (κ3) is 1.84. The summed E-state index contributed by atoms with van der Waals surface area (Å²) in [5.41, 5.74) is 0. The minimum Gasteiger partial charge on any atom is -0.485 e. The number of aromatic nitrogens is 4. The largest absolute Gasteiger partial charge is 0.574 e. The molecule has 0 aromatic carbocycles. The summed E-state index contributed by atoms with van der Waals surface area (Å²) in [6.45, 7) is 0. The summed E-state index contributed by atoms with van der Waals surface area (Å²) in [6.07, 6.45) is 7.96. The van der Waals surface area contributed by atoms with E-state index >= 15 is 0 Å². The summed E-state index contributed by atoms with van der Waals surface area (Å²) in [4.78, 5) is 0. The van der Waals surface area contributed by atoms with Crippen molar-refractivity contribution in [2.45, 2.75) is 0 Å². The van der Waals surface area contributed by atoms with Crippen LogP contribution in [0.25, 0.3) is 0 Å². The summed E-state index contributed by atoms with van der Waals surface area (Å²) in [7, 11) is 3.37. The Hall–Kier alpha value is -1.08. The van der Waals surface area contributed by atoms with E-state index in [1.807, 2.05) is 48.0 Å². The fourth-order valence-electron chi connectivity index (χ4n) is 1.69. The molecule has 0 aliphatic carbocycles. The van der Waals surface area contributed by atoms with E-state index in [1.165, 1.54) is 0 Å². The minimum atomic E-state index is -0.534. The van der Waals surface area contributed by atoms with Gasteiger partial charge in [0.2, 0.25) is 0 Å². The van der Waals surface area contributed by atoms with Gasteiger partial charge < -0.3 is 13.5 Å². The zero-order chi connectivity index (χ0) is 11.0. The third-order valence-corrected chi connectivity index (χ3v) is 3.82. The molecule has 2 rings (SSSR count). The van der Waals surface area contributed by atoms with E-state index < -0.39 is 7.55 Å². The van der Waals surface area contributed by atoms with E-state index in [4.69, 9.17) is 24.4 Å². The number of aryl methyl sites for hydroxylation is 2. The van der Waals surface area contributed by atoms with Gasteiger partial charge in [-0.2, -0.15) is 0 Å². The molecule has 0 fully saturated rings. The lowest BCUT2D eigenvalue weighted by Crippen LogP contribution is -2.16. The van der Waals surface area contributed by atoms with Crippen LogP contribution in [0.3, 0.4) is 0 Å². The second kappa shape index (κ2) is 3.82. The van der Waals surface area contributed by atoms with Crippen LogP contribution in [0.15, 0.2) is 24.8 Å². The molecule has 79 valence electrons. The maximum Gasteiger partial charge on any atom is 0.574 e. The highest BCUT2D eigenvalue weighted by Crippen LogP contribution is 1.95. The molecule has 2 aromatic heterocycles. The zero-order valence-electron chi connectivity index (χ0n) is 8.91. The average molecular weight is 239 g/mol. The van der Waals surface area contributed by atoms with Gasteiger partial charge in [0.25, 0.3) is 0 Å². The average Bonchev–Trinajstić information content (AvgIpc) is 2.68. The van der Waals surface area contributed by atoms with Gasteiger partial charge in [0.1, 0.15) is 4.77 Å². The van der Waals surface area contributed by atoms with E-state index in [0.717, 1.165) is 9.54 Å². The normalized spacial score (nSPS) is 10.8. The molecule has 0 saturated heterocycles. The van der Waals surface area contributed by atoms with Crippen LogP contribution in [0.5, 0.6) is 0 Å². The summed E-state index contributed by atoms with van der Waals surface area (Å²) in [6, 6.07) is 0. The highest BCUT2D eigenvalue weighted by Gasteiger charge is 2.01. The Morgan fingerprint density at radius 3 is 2.13 bits per heavy atom. The van der Waals surface area contributed by atoms with Crippen molar-refractivity contribution in [3.63, 3.8) is 0 Å². The molecular weight excluding hydrogens is 227 g/mol. The van der Waals surface area contributed by atoms with Gasteiger partial charge in [0.05, 0.1) is 0 Å². The van der Waals surface area contributed by atoms with Crippen LogP contribution >= 0.6 is 12.2 Å². The second-order valence-corrected chi connectivity index (χ2v) is 4.54. The van der Waals surface area contributed by atoms with Crippen molar-refractivity contribution < 1.29 is 0 Å². The third-order valence-electron chi connectivity index (χ3n) is 2.67. The maximum absolute atomic E-state index is 5.28. The molecule has 4 nitrogen and oxygen atoms in total. The first-order valence-electron chi connectivity index (χ1n) is 4.79. The van der Waals surface area contributed by atoms with Gasteiger partial charge in [-0.15, -0.1) is 0 Å². The predicted octanol–water partition coefficient (Wildman–Crippen LogP) is 0.170. The van der Waals surface area contributed by atoms with E-state index in [2.05, 4.69) is 8.96 Å². The molecule has 0 atom stereocenters. The van der Waals surface area contributed by atoms with E-state index in [1.54, 1.807) is 0 Å². The quantitative estimate of drug-likeness (QED) is 0.423. The molecule has 2 aromatic rings. The number of imidazole rings is 2. The first kappa shape index (κ1) is 10.4. The molecule has 1 radical (unpaired) electrons. The fourth-order valence-corrected chi connectivity index (χ4v) is 2.10. The Kier molecular flexibility index (Phi) is 2.66. The highest BCUT2D eigenvalue weighted by molar-refractivity contribution is 7.71. The predicted molar refractivity (Wildman–Crippen MR) is 67.6 cm³/mol. The molecule has 0 aliphatic rings. The van der Waals surface area contributed by atoms with Crippen LogP contribution in [0.2, 0.25) is 0 Å². The van der Waals surface area contributed by atoms with Crippen molar-refractivity contribution in [1.82, 2.24) is 18.1 Å². The van der Waals surface area contributed by atoms with E-state index in [-0.39, 0.29) is 0 Å². The molecule has 15 heavy (non-hydrogen) atoms. The Bertz CT molecular complexity index is 536. The van der Waals surface area contributed by atoms with Crippen molar-refractivity contribution in [2.24, 2.45) is 14.1 Å². The van der Waals surface area contributed by atoms with Gasteiger partial charge in [-0.3, -0.25) is 4.57 Å². The highest BCUT2D eigenvalue weighted by atomic mass is 32.1. The standard InChI is InChI=1S/C8H12BN4S2/c1-10-3-5-12(7(10)14)9-13-6-4-11(2)8(13)15/h3-6H,9H2,1-2H3. The van der Waals surface area contributed by atoms with E-state index in [0.29, 0.717) is 0 Å². The SMILES string of the molecule is Cn1ccn([BH2-]n2ccn(C)c2=[S+])c1=S. The zero-order valence-corrected chi connectivity index (χ0v) is 10.5. The van der Waals surface area contributed by atoms with Crippen molar-refractivity contribution in [3.8, 4) is 0 Å². The molecule has 0 N–H and O–H groups in total. The summed E-state index contributed by atoms with van der Waals surface area (Å²) in [5, 5.41) is 0. The Morgan fingerprint density at radius 1 is 1.07 bits per heavy atom. The van der Waals surface area contributed by atoms with Crippen LogP contribution in [0.1, 0.15) is 0 Å². The molecule has 0 unspecified atom stereocenters. The molecule has 0 saturated carbocycles. The number of nitrogens with zero attached hydrogens (tertiary/aromatic N) is 4. The molecule has 0 bridgehead atoms. The van der Waals surface area contributed by atoms with Crippen LogP contribution < -0.4 is 0 Å². The topological polar surface area (TPSA) is 19.7 Å². The summed E-state index contributed by atoms with van der Waals surface area (Å²) in [5.74, 6) is 0. The molecule has 7 heteroatoms. The van der Waals surface area contributed by atoms with Gasteiger partial charge in [-0.1, -0.05) is 0 Å². The molecule has 2 heterocycles. The first-order valence-corrected chi connectivity index (χ1v) is 5.61. The molecule has 0 aliphatic heterocycles. The maximum atomic E-state index is 5.28. The second-order valence-electron chi connectivity index (χ2n) is 3.81. The van der Waals surface area contributed by atoms with Crippen molar-refractivity contribution in [3.05, 3.63) is 34.3 Å². The first-order chi connectivity index (χ1) is 7.09. The van der Waals surface area contributed by atoms with Crippen molar-refractivity contribution in [2.75, 3.05) is 0 Å². The fraction of sp³-hybridized carbons (Fsp3) is 0.250. The Balaban J connectivity index is 2.38. The molecule has 0 amide bonds. The van der Waals surface area contributed by atoms with E-state index in [9.17, 15) is 0 Å². The van der Waals surface area contributed by atoms with Crippen LogP contribution in [-0.2, 0) is 26.3 Å². The minimum absolute atomic E-state index is 0.534. The molecule has 0 spiro atoms. The Morgan fingerprint density at radius 2 is 1.67 bits per heavy atom. The van der Waals surface area contributed by atoms with Crippen molar-refractivity contribution in [1.29, 1.82) is 0 Å². The summed E-state index contributed by atoms with van der Waals surface area (Å²) < 4.78 is 9.77. The van der Waals surface area contributed by atoms with Gasteiger partial charge in [-0.05, 0) is 24.6 Å². The lowest BCUT2D eigenvalue weighted by Gasteiger charge is -2.09. The number of hydrogen-bond acceptors (Lipinski definition) is 2. The number of rotatable bonds is 2. The molecular formula is C8H12BN4S2. The van der Waals surface area contributed by atoms with Gasteiger partial charge in [0, 0.05) is 26.5 Å². The lowest BCUT2D eigenvalue weighted by molar-refractivity contribution is 0.862. The van der Waals surface area contributed by atoms with Crippen LogP contribution in [0.4, 0.5) is 0 Å². The van der Waals surface area contributed by atoms with Gasteiger partial charge in [0.15, 0.2) is 7.55 Å². The smallest absolute Gasteiger partial charge is 0.485 e. The van der Waals surface area contributed by atoms with Crippen LogP contribution in [-0.4, -0.2) is 25.6 Å². The van der Waals surface area contributed by atoms with Crippen molar-refractivity contribution >= 4 is 32.0 Å². The van der Waals surface area contributed by atoms with Gasteiger partial charge in [-0.25, -0.2) is 0 Å². The Labute approximate surface area is 98.7 Å². The lowest BCUT2D eigenvalue weighted by atomic mass is 10.2. The van der Waals surface area contributed by atoms with Gasteiger partial charge >= 0.3 is 17.0 Å². The summed E-state index contributed by atoms with van der Waals surface area (Å²) >= 11 is 10.6. The van der Waals surface area contributed by atoms with Crippen LogP contribution in [0, 0.1) is 9.54 Å².